The molecule has 0 aliphatic rings. The van der Waals surface area contributed by atoms with Gasteiger partial charge in [0.1, 0.15) is 5.82 Å². The molecule has 0 atom stereocenters. The Labute approximate surface area is 119 Å². The molecular formula is C13H10Cl2N4. The van der Waals surface area contributed by atoms with Crippen LogP contribution < -0.4 is 5.73 Å². The maximum Gasteiger partial charge on any atom is 0.178 e. The predicted octanol–water partition coefficient (Wildman–Crippen LogP) is 3.82. The molecule has 0 bridgehead atoms. The Balaban J connectivity index is 2.27. The van der Waals surface area contributed by atoms with E-state index in [1.165, 1.54) is 0 Å². The number of halogens is 2. The summed E-state index contributed by atoms with van der Waals surface area (Å²) >= 11 is 12.2. The molecule has 0 saturated carbocycles. The second kappa shape index (κ2) is 4.40. The molecule has 4 nitrogen and oxygen atoms in total. The topological polar surface area (TPSA) is 67.6 Å². The third kappa shape index (κ3) is 2.03. The maximum absolute atomic E-state index is 6.18. The second-order valence-corrected chi connectivity index (χ2v) is 5.10. The molecule has 2 heterocycles. The molecule has 0 unspecified atom stereocenters. The molecule has 96 valence electrons. The third-order valence-electron chi connectivity index (χ3n) is 2.85. The highest BCUT2D eigenvalue weighted by Gasteiger charge is 2.15. The first kappa shape index (κ1) is 12.3. The first-order valence-corrected chi connectivity index (χ1v) is 6.38. The van der Waals surface area contributed by atoms with E-state index in [2.05, 4.69) is 15.0 Å². The first-order chi connectivity index (χ1) is 9.06. The van der Waals surface area contributed by atoms with Crippen molar-refractivity contribution in [2.75, 3.05) is 5.73 Å². The van der Waals surface area contributed by atoms with E-state index in [-0.39, 0.29) is 0 Å². The number of nitrogens with one attached hydrogen (secondary N) is 1. The van der Waals surface area contributed by atoms with Gasteiger partial charge in [-0.1, -0.05) is 23.2 Å². The van der Waals surface area contributed by atoms with Crippen molar-refractivity contribution in [3.8, 4) is 11.4 Å². The Morgan fingerprint density at radius 3 is 2.74 bits per heavy atom. The second-order valence-electron chi connectivity index (χ2n) is 4.29. The zero-order valence-corrected chi connectivity index (χ0v) is 11.5. The van der Waals surface area contributed by atoms with Crippen molar-refractivity contribution >= 4 is 40.1 Å². The molecule has 3 rings (SSSR count). The Morgan fingerprint density at radius 1 is 1.21 bits per heavy atom. The number of hydrogen-bond donors (Lipinski definition) is 2. The normalized spacial score (nSPS) is 11.1. The Hall–Kier alpha value is -1.78. The highest BCUT2D eigenvalue weighted by atomic mass is 35.5. The van der Waals surface area contributed by atoms with Crippen molar-refractivity contribution in [3.63, 3.8) is 0 Å². The SMILES string of the molecule is Cc1cnc2nc(-c3c(Cl)ccc(Cl)c3N)[nH]c2c1. The van der Waals surface area contributed by atoms with Crippen LogP contribution in [0.5, 0.6) is 0 Å². The molecular weight excluding hydrogens is 283 g/mol. The van der Waals surface area contributed by atoms with Crippen LogP contribution in [0.15, 0.2) is 24.4 Å². The monoisotopic (exact) mass is 292 g/mol. The summed E-state index contributed by atoms with van der Waals surface area (Å²) in [7, 11) is 0. The minimum absolute atomic E-state index is 0.407. The molecule has 0 aliphatic heterocycles. The van der Waals surface area contributed by atoms with Crippen LogP contribution in [0.1, 0.15) is 5.56 Å². The van der Waals surface area contributed by atoms with Gasteiger partial charge in [-0.15, -0.1) is 0 Å². The summed E-state index contributed by atoms with van der Waals surface area (Å²) in [4.78, 5) is 11.8. The van der Waals surface area contributed by atoms with E-state index in [4.69, 9.17) is 28.9 Å². The average molecular weight is 293 g/mol. The number of fused-ring (bicyclic) bond motifs is 1. The van der Waals surface area contributed by atoms with E-state index in [1.807, 2.05) is 13.0 Å². The zero-order chi connectivity index (χ0) is 13.6. The number of rotatable bonds is 1. The van der Waals surface area contributed by atoms with Crippen LogP contribution in [0.4, 0.5) is 5.69 Å². The third-order valence-corrected chi connectivity index (χ3v) is 3.50. The number of aromatic nitrogens is 3. The summed E-state index contributed by atoms with van der Waals surface area (Å²) in [5, 5.41) is 0.946. The van der Waals surface area contributed by atoms with Gasteiger partial charge in [-0.3, -0.25) is 0 Å². The minimum Gasteiger partial charge on any atom is -0.397 e. The van der Waals surface area contributed by atoms with Gasteiger partial charge in [-0.25, -0.2) is 9.97 Å². The molecule has 3 N–H and O–H groups in total. The summed E-state index contributed by atoms with van der Waals surface area (Å²) in [6.07, 6.45) is 1.76. The van der Waals surface area contributed by atoms with Crippen LogP contribution >= 0.6 is 23.2 Å². The molecule has 2 aromatic heterocycles. The zero-order valence-electron chi connectivity index (χ0n) is 10.0. The quantitative estimate of drug-likeness (QED) is 0.670. The first-order valence-electron chi connectivity index (χ1n) is 5.62. The summed E-state index contributed by atoms with van der Waals surface area (Å²) in [5.41, 5.74) is 9.49. The van der Waals surface area contributed by atoms with Crippen molar-refractivity contribution in [2.24, 2.45) is 0 Å². The van der Waals surface area contributed by atoms with Crippen LogP contribution in [-0.2, 0) is 0 Å². The number of imidazole rings is 1. The standard InChI is InChI=1S/C13H10Cl2N4/c1-6-4-9-12(17-5-6)19-13(18-9)10-7(14)2-3-8(15)11(10)16/h2-5H,16H2,1H3,(H,17,18,19). The fourth-order valence-electron chi connectivity index (χ4n) is 1.93. The molecule has 19 heavy (non-hydrogen) atoms. The number of aromatic amines is 1. The molecule has 0 radical (unpaired) electrons. The minimum atomic E-state index is 0.407. The Morgan fingerprint density at radius 2 is 1.95 bits per heavy atom. The van der Waals surface area contributed by atoms with E-state index < -0.39 is 0 Å². The van der Waals surface area contributed by atoms with Gasteiger partial charge >= 0.3 is 0 Å². The van der Waals surface area contributed by atoms with Crippen LogP contribution in [0.2, 0.25) is 10.0 Å². The number of nitrogen functional groups attached to an aromatic ring is 1. The fraction of sp³-hybridized carbons (Fsp3) is 0.0769. The molecule has 0 fully saturated rings. The number of pyridine rings is 1. The van der Waals surface area contributed by atoms with E-state index >= 15 is 0 Å². The van der Waals surface area contributed by atoms with Crippen molar-refractivity contribution in [3.05, 3.63) is 40.0 Å². The number of aryl methyl sites for hydroxylation is 1. The summed E-state index contributed by atoms with van der Waals surface area (Å²) in [6.45, 7) is 1.97. The van der Waals surface area contributed by atoms with Crippen molar-refractivity contribution in [2.45, 2.75) is 6.92 Å². The van der Waals surface area contributed by atoms with Gasteiger partial charge < -0.3 is 10.7 Å². The lowest BCUT2D eigenvalue weighted by molar-refractivity contribution is 1.28. The van der Waals surface area contributed by atoms with Crippen molar-refractivity contribution in [1.82, 2.24) is 15.0 Å². The number of nitrogens with two attached hydrogens (primary N) is 1. The molecule has 6 heteroatoms. The smallest absolute Gasteiger partial charge is 0.178 e. The van der Waals surface area contributed by atoms with E-state index in [1.54, 1.807) is 18.3 Å². The molecule has 0 aliphatic carbocycles. The number of anilines is 1. The van der Waals surface area contributed by atoms with E-state index in [9.17, 15) is 0 Å². The number of hydrogen-bond acceptors (Lipinski definition) is 3. The van der Waals surface area contributed by atoms with Crippen LogP contribution in [0.25, 0.3) is 22.6 Å². The van der Waals surface area contributed by atoms with Gasteiger partial charge in [0.25, 0.3) is 0 Å². The lowest BCUT2D eigenvalue weighted by Crippen LogP contribution is -1.93. The molecule has 0 amide bonds. The van der Waals surface area contributed by atoms with Crippen molar-refractivity contribution in [1.29, 1.82) is 0 Å². The lowest BCUT2D eigenvalue weighted by atomic mass is 10.1. The molecule has 0 spiro atoms. The molecule has 3 aromatic rings. The summed E-state index contributed by atoms with van der Waals surface area (Å²) in [6, 6.07) is 5.32. The Bertz CT molecular complexity index is 780. The van der Waals surface area contributed by atoms with E-state index in [0.717, 1.165) is 11.1 Å². The highest BCUT2D eigenvalue weighted by Crippen LogP contribution is 2.36. The van der Waals surface area contributed by atoms with Crippen LogP contribution in [0, 0.1) is 6.92 Å². The van der Waals surface area contributed by atoms with Gasteiger partial charge in [-0.2, -0.15) is 0 Å². The van der Waals surface area contributed by atoms with Gasteiger partial charge in [-0.05, 0) is 30.7 Å². The van der Waals surface area contributed by atoms with Gasteiger partial charge in [0, 0.05) is 6.20 Å². The number of benzene rings is 1. The summed E-state index contributed by atoms with van der Waals surface area (Å²) < 4.78 is 0. The van der Waals surface area contributed by atoms with Crippen LogP contribution in [-0.4, -0.2) is 15.0 Å². The summed E-state index contributed by atoms with van der Waals surface area (Å²) in [5.74, 6) is 0.568. The van der Waals surface area contributed by atoms with Gasteiger partial charge in [0.05, 0.1) is 26.8 Å². The predicted molar refractivity (Wildman–Crippen MR) is 78.5 cm³/mol. The maximum atomic E-state index is 6.18. The number of nitrogens with zero attached hydrogens (tertiary/aromatic N) is 2. The fourth-order valence-corrected chi connectivity index (χ4v) is 2.34. The van der Waals surface area contributed by atoms with Crippen molar-refractivity contribution < 1.29 is 0 Å². The van der Waals surface area contributed by atoms with Gasteiger partial charge in [0.2, 0.25) is 0 Å². The van der Waals surface area contributed by atoms with Crippen LogP contribution in [0.3, 0.4) is 0 Å². The largest absolute Gasteiger partial charge is 0.397 e. The Kier molecular flexibility index (Phi) is 2.84. The highest BCUT2D eigenvalue weighted by molar-refractivity contribution is 6.37. The number of H-pyrrole nitrogens is 1. The average Bonchev–Trinajstić information content (AvgIpc) is 2.77. The lowest BCUT2D eigenvalue weighted by Gasteiger charge is -2.06. The van der Waals surface area contributed by atoms with Gasteiger partial charge in [0.15, 0.2) is 5.65 Å². The molecule has 1 aromatic carbocycles. The molecule has 0 saturated heterocycles. The van der Waals surface area contributed by atoms with E-state index in [0.29, 0.717) is 32.8 Å².